The predicted octanol–water partition coefficient (Wildman–Crippen LogP) is 2.51. The van der Waals surface area contributed by atoms with Crippen LogP contribution in [0.4, 0.5) is 0 Å². The molecule has 1 aromatic carbocycles. The second-order valence-corrected chi connectivity index (χ2v) is 3.21. The lowest BCUT2D eigenvalue weighted by molar-refractivity contribution is -0.134. The molecule has 0 unspecified atom stereocenters. The molecule has 0 fully saturated rings. The monoisotopic (exact) mass is 248 g/mol. The molecule has 0 heterocycles. The minimum atomic E-state index is -0.394. The van der Waals surface area contributed by atoms with Gasteiger partial charge >= 0.3 is 11.9 Å². The fraction of sp³-hybridized carbons (Fsp3) is 0.143. The van der Waals surface area contributed by atoms with E-state index in [2.05, 4.69) is 17.9 Å². The molecule has 0 aliphatic heterocycles. The number of methoxy groups -OCH3 is 1. The molecule has 0 aromatic heterocycles. The smallest absolute Gasteiger partial charge is 0.338 e. The van der Waals surface area contributed by atoms with E-state index >= 15 is 0 Å². The molecule has 18 heavy (non-hydrogen) atoms. The highest BCUT2D eigenvalue weighted by molar-refractivity contribution is 5.88. The summed E-state index contributed by atoms with van der Waals surface area (Å²) in [4.78, 5) is 20.8. The van der Waals surface area contributed by atoms with Gasteiger partial charge in [0.15, 0.2) is 0 Å². The Balaban J connectivity index is 0.000000411. The van der Waals surface area contributed by atoms with Gasteiger partial charge in [-0.2, -0.15) is 0 Å². The summed E-state index contributed by atoms with van der Waals surface area (Å²) in [7, 11) is 1.31. The lowest BCUT2D eigenvalue weighted by Crippen LogP contribution is -2.07. The molecule has 0 radical (unpaired) electrons. The lowest BCUT2D eigenvalue weighted by atomic mass is 10.3. The van der Waals surface area contributed by atoms with Crippen molar-refractivity contribution in [1.82, 2.24) is 0 Å². The predicted molar refractivity (Wildman–Crippen MR) is 69.1 cm³/mol. The Morgan fingerprint density at radius 1 is 1.22 bits per heavy atom. The molecule has 0 atom stereocenters. The fourth-order valence-electron chi connectivity index (χ4n) is 0.766. The molecular formula is C14H16O4. The minimum absolute atomic E-state index is 0.388. The van der Waals surface area contributed by atoms with Crippen LogP contribution in [0.25, 0.3) is 0 Å². The van der Waals surface area contributed by atoms with Gasteiger partial charge in [0.2, 0.25) is 0 Å². The summed E-state index contributed by atoms with van der Waals surface area (Å²) in [6.07, 6.45) is 1.11. The van der Waals surface area contributed by atoms with Crippen LogP contribution < -0.4 is 4.74 Å². The molecule has 0 aliphatic carbocycles. The van der Waals surface area contributed by atoms with Crippen molar-refractivity contribution < 1.29 is 19.1 Å². The summed E-state index contributed by atoms with van der Waals surface area (Å²) >= 11 is 0. The number of hydrogen-bond acceptors (Lipinski definition) is 4. The van der Waals surface area contributed by atoms with Crippen LogP contribution in [-0.2, 0) is 14.3 Å². The number of carbonyl (C=O) groups excluding carboxylic acids is 2. The van der Waals surface area contributed by atoms with Crippen LogP contribution in [0.15, 0.2) is 55.1 Å². The third-order valence-corrected chi connectivity index (χ3v) is 1.67. The number of benzene rings is 1. The molecule has 4 nitrogen and oxygen atoms in total. The topological polar surface area (TPSA) is 52.6 Å². The molecule has 0 N–H and O–H groups in total. The van der Waals surface area contributed by atoms with Gasteiger partial charge in [-0.05, 0) is 19.1 Å². The first-order valence-electron chi connectivity index (χ1n) is 5.14. The maximum atomic E-state index is 11.0. The maximum Gasteiger partial charge on any atom is 0.338 e. The van der Waals surface area contributed by atoms with E-state index in [-0.39, 0.29) is 5.97 Å². The van der Waals surface area contributed by atoms with Crippen LogP contribution in [0, 0.1) is 0 Å². The van der Waals surface area contributed by atoms with E-state index in [1.165, 1.54) is 7.11 Å². The van der Waals surface area contributed by atoms with Crippen molar-refractivity contribution >= 4 is 11.9 Å². The summed E-state index contributed by atoms with van der Waals surface area (Å²) in [5.74, 6) is -0.235. The Labute approximate surface area is 107 Å². The number of rotatable bonds is 3. The average Bonchev–Trinajstić information content (AvgIpc) is 2.39. The number of para-hydroxylation sites is 1. The first kappa shape index (κ1) is 15.6. The Bertz CT molecular complexity index is 421. The van der Waals surface area contributed by atoms with Gasteiger partial charge in [-0.25, -0.2) is 9.59 Å². The molecule has 96 valence electrons. The van der Waals surface area contributed by atoms with Gasteiger partial charge in [0.1, 0.15) is 5.75 Å². The standard InChI is InChI=1S/C10H10O2.C4H6O2/c1-8(2)10(11)12-9-6-4-3-5-7-9;1-3-4(5)6-2/h3-7H,1H2,2H3;3H,1H2,2H3. The van der Waals surface area contributed by atoms with Crippen LogP contribution in [-0.4, -0.2) is 19.0 Å². The van der Waals surface area contributed by atoms with Crippen LogP contribution in [0.5, 0.6) is 5.75 Å². The van der Waals surface area contributed by atoms with Gasteiger partial charge < -0.3 is 9.47 Å². The molecule has 0 saturated carbocycles. The lowest BCUT2D eigenvalue weighted by Gasteiger charge is -2.01. The third kappa shape index (κ3) is 7.00. The van der Waals surface area contributed by atoms with Gasteiger partial charge in [-0.3, -0.25) is 0 Å². The van der Waals surface area contributed by atoms with Gasteiger partial charge in [0, 0.05) is 11.6 Å². The number of carbonyl (C=O) groups is 2. The number of hydrogen-bond donors (Lipinski definition) is 0. The van der Waals surface area contributed by atoms with E-state index in [4.69, 9.17) is 4.74 Å². The van der Waals surface area contributed by atoms with E-state index in [0.29, 0.717) is 11.3 Å². The van der Waals surface area contributed by atoms with Gasteiger partial charge in [0.05, 0.1) is 7.11 Å². The normalized spacial score (nSPS) is 8.33. The second kappa shape index (κ2) is 8.75. The highest BCUT2D eigenvalue weighted by atomic mass is 16.5. The third-order valence-electron chi connectivity index (χ3n) is 1.67. The summed E-state index contributed by atoms with van der Waals surface area (Å²) in [5.41, 5.74) is 0.402. The minimum Gasteiger partial charge on any atom is -0.466 e. The fourth-order valence-corrected chi connectivity index (χ4v) is 0.766. The number of esters is 2. The zero-order valence-electron chi connectivity index (χ0n) is 10.5. The maximum absolute atomic E-state index is 11.0. The van der Waals surface area contributed by atoms with Crippen molar-refractivity contribution in [1.29, 1.82) is 0 Å². The quantitative estimate of drug-likeness (QED) is 0.468. The first-order chi connectivity index (χ1) is 8.51. The van der Waals surface area contributed by atoms with E-state index in [1.54, 1.807) is 31.2 Å². The summed E-state index contributed by atoms with van der Waals surface area (Å²) in [5, 5.41) is 0. The summed E-state index contributed by atoms with van der Waals surface area (Å²) in [6, 6.07) is 8.92. The Morgan fingerprint density at radius 2 is 1.78 bits per heavy atom. The number of ether oxygens (including phenoxy) is 2. The first-order valence-corrected chi connectivity index (χ1v) is 5.14. The average molecular weight is 248 g/mol. The van der Waals surface area contributed by atoms with Crippen molar-refractivity contribution in [2.75, 3.05) is 7.11 Å². The Kier molecular flexibility index (Phi) is 7.61. The van der Waals surface area contributed by atoms with Gasteiger partial charge in [-0.15, -0.1) is 0 Å². The molecule has 4 heteroatoms. The SMILES string of the molecule is C=C(C)C(=O)Oc1ccccc1.C=CC(=O)OC. The van der Waals surface area contributed by atoms with Crippen molar-refractivity contribution in [3.8, 4) is 5.75 Å². The van der Waals surface area contributed by atoms with Crippen LogP contribution >= 0.6 is 0 Å². The Hall–Kier alpha value is -2.36. The van der Waals surface area contributed by atoms with Crippen molar-refractivity contribution in [3.63, 3.8) is 0 Å². The molecule has 1 rings (SSSR count). The summed E-state index contributed by atoms with van der Waals surface area (Å²) in [6.45, 7) is 8.25. The van der Waals surface area contributed by atoms with E-state index in [9.17, 15) is 9.59 Å². The molecule has 0 aliphatic rings. The zero-order valence-corrected chi connectivity index (χ0v) is 10.5. The molecular weight excluding hydrogens is 232 g/mol. The second-order valence-electron chi connectivity index (χ2n) is 3.21. The summed E-state index contributed by atoms with van der Waals surface area (Å²) < 4.78 is 9.08. The largest absolute Gasteiger partial charge is 0.466 e. The van der Waals surface area contributed by atoms with Crippen molar-refractivity contribution in [3.05, 3.63) is 55.1 Å². The molecule has 0 bridgehead atoms. The highest BCUT2D eigenvalue weighted by Crippen LogP contribution is 2.09. The van der Waals surface area contributed by atoms with Crippen LogP contribution in [0.2, 0.25) is 0 Å². The van der Waals surface area contributed by atoms with E-state index in [1.807, 2.05) is 6.07 Å². The Morgan fingerprint density at radius 3 is 2.11 bits per heavy atom. The molecule has 1 aromatic rings. The van der Waals surface area contributed by atoms with Gasteiger partial charge in [0.25, 0.3) is 0 Å². The zero-order chi connectivity index (χ0) is 14.0. The molecule has 0 saturated heterocycles. The molecule has 0 amide bonds. The van der Waals surface area contributed by atoms with E-state index in [0.717, 1.165) is 6.08 Å². The van der Waals surface area contributed by atoms with Crippen LogP contribution in [0.3, 0.4) is 0 Å². The molecule has 0 spiro atoms. The van der Waals surface area contributed by atoms with Crippen molar-refractivity contribution in [2.24, 2.45) is 0 Å². The highest BCUT2D eigenvalue weighted by Gasteiger charge is 2.03. The van der Waals surface area contributed by atoms with Gasteiger partial charge in [-0.1, -0.05) is 31.4 Å². The van der Waals surface area contributed by atoms with E-state index < -0.39 is 5.97 Å². The van der Waals surface area contributed by atoms with Crippen molar-refractivity contribution in [2.45, 2.75) is 6.92 Å². The van der Waals surface area contributed by atoms with Crippen LogP contribution in [0.1, 0.15) is 6.92 Å².